The minimum Gasteiger partial charge on any atom is -0.359 e. The molecule has 0 aromatic carbocycles. The van der Waals surface area contributed by atoms with Gasteiger partial charge in [0, 0.05) is 19.5 Å². The first kappa shape index (κ1) is 11.4. The van der Waals surface area contributed by atoms with Crippen molar-refractivity contribution in [3.8, 4) is 0 Å². The first-order chi connectivity index (χ1) is 6.50. The van der Waals surface area contributed by atoms with Crippen molar-refractivity contribution in [1.29, 1.82) is 0 Å². The summed E-state index contributed by atoms with van der Waals surface area (Å²) in [5.41, 5.74) is 4.73. The van der Waals surface area contributed by atoms with E-state index in [-0.39, 0.29) is 18.4 Å². The zero-order valence-electron chi connectivity index (χ0n) is 8.22. The quantitative estimate of drug-likeness (QED) is 0.720. The van der Waals surface area contributed by atoms with Crippen molar-refractivity contribution >= 4 is 5.91 Å². The van der Waals surface area contributed by atoms with Gasteiger partial charge in [0.2, 0.25) is 12.3 Å². The molecule has 0 aliphatic heterocycles. The van der Waals surface area contributed by atoms with Crippen LogP contribution >= 0.6 is 0 Å². The summed E-state index contributed by atoms with van der Waals surface area (Å²) in [5.74, 6) is -0.300. The van der Waals surface area contributed by atoms with E-state index in [1.807, 2.05) is 0 Å². The Morgan fingerprint density at radius 2 is 2.36 bits per heavy atom. The number of amides is 1. The molecular formula is C9H16F2N2O. The first-order valence-electron chi connectivity index (χ1n) is 4.76. The van der Waals surface area contributed by atoms with E-state index >= 15 is 0 Å². The van der Waals surface area contributed by atoms with Gasteiger partial charge in [0.05, 0.1) is 5.41 Å². The average molecular weight is 206 g/mol. The van der Waals surface area contributed by atoms with Crippen LogP contribution in [0.2, 0.25) is 0 Å². The van der Waals surface area contributed by atoms with Crippen molar-refractivity contribution in [3.05, 3.63) is 0 Å². The second kappa shape index (κ2) is 4.21. The van der Waals surface area contributed by atoms with Crippen LogP contribution in [0.15, 0.2) is 0 Å². The van der Waals surface area contributed by atoms with Gasteiger partial charge in [-0.1, -0.05) is 0 Å². The number of nitrogens with one attached hydrogen (secondary N) is 1. The second-order valence-corrected chi connectivity index (χ2v) is 3.96. The number of nitrogens with two attached hydrogens (primary N) is 1. The third kappa shape index (κ3) is 2.20. The molecule has 2 atom stereocenters. The maximum atomic E-state index is 12.3. The number of halogens is 2. The van der Waals surface area contributed by atoms with Gasteiger partial charge in [-0.2, -0.15) is 0 Å². The van der Waals surface area contributed by atoms with Crippen LogP contribution in [0.4, 0.5) is 8.78 Å². The highest BCUT2D eigenvalue weighted by Crippen LogP contribution is 2.42. The Bertz CT molecular complexity index is 223. The summed E-state index contributed by atoms with van der Waals surface area (Å²) in [6.45, 7) is 0. The lowest BCUT2D eigenvalue weighted by Gasteiger charge is -2.26. The molecule has 0 aromatic rings. The fourth-order valence-corrected chi connectivity index (χ4v) is 2.21. The van der Waals surface area contributed by atoms with Gasteiger partial charge in [-0.15, -0.1) is 0 Å². The van der Waals surface area contributed by atoms with Gasteiger partial charge < -0.3 is 11.1 Å². The van der Waals surface area contributed by atoms with Gasteiger partial charge >= 0.3 is 0 Å². The zero-order chi connectivity index (χ0) is 10.8. The largest absolute Gasteiger partial charge is 0.359 e. The van der Waals surface area contributed by atoms with E-state index in [1.165, 1.54) is 7.05 Å². The van der Waals surface area contributed by atoms with Crippen LogP contribution in [0.5, 0.6) is 0 Å². The molecule has 0 aromatic heterocycles. The van der Waals surface area contributed by atoms with Crippen molar-refractivity contribution in [1.82, 2.24) is 5.32 Å². The van der Waals surface area contributed by atoms with Gasteiger partial charge in [-0.25, -0.2) is 8.78 Å². The van der Waals surface area contributed by atoms with E-state index in [0.717, 1.165) is 0 Å². The third-order valence-corrected chi connectivity index (χ3v) is 2.90. The van der Waals surface area contributed by atoms with Crippen LogP contribution in [-0.2, 0) is 4.79 Å². The zero-order valence-corrected chi connectivity index (χ0v) is 8.22. The maximum Gasteiger partial charge on any atom is 0.239 e. The lowest BCUT2D eigenvalue weighted by atomic mass is 9.81. The van der Waals surface area contributed by atoms with Crippen LogP contribution in [-0.4, -0.2) is 25.4 Å². The molecule has 0 radical (unpaired) electrons. The SMILES string of the molecule is CNC(=O)[C@]1(CC(F)F)CC[C@@H](N)C1. The summed E-state index contributed by atoms with van der Waals surface area (Å²) in [4.78, 5) is 11.5. The molecule has 1 fully saturated rings. The first-order valence-corrected chi connectivity index (χ1v) is 4.76. The molecule has 1 aliphatic carbocycles. The van der Waals surface area contributed by atoms with Crippen LogP contribution in [0.1, 0.15) is 25.7 Å². The smallest absolute Gasteiger partial charge is 0.239 e. The number of rotatable bonds is 3. The molecule has 82 valence electrons. The highest BCUT2D eigenvalue weighted by molar-refractivity contribution is 5.82. The lowest BCUT2D eigenvalue weighted by molar-refractivity contribution is -0.132. The summed E-state index contributed by atoms with van der Waals surface area (Å²) >= 11 is 0. The molecule has 3 nitrogen and oxygen atoms in total. The van der Waals surface area contributed by atoms with Crippen molar-refractivity contribution in [2.24, 2.45) is 11.1 Å². The predicted molar refractivity (Wildman–Crippen MR) is 48.9 cm³/mol. The maximum absolute atomic E-state index is 12.3. The van der Waals surface area contributed by atoms with E-state index in [1.54, 1.807) is 0 Å². The predicted octanol–water partition coefficient (Wildman–Crippen LogP) is 0.885. The summed E-state index contributed by atoms with van der Waals surface area (Å²) in [6, 6.07) is -0.119. The molecule has 5 heteroatoms. The Labute approximate surface area is 82.0 Å². The molecule has 0 heterocycles. The normalized spacial score (nSPS) is 32.2. The molecule has 0 unspecified atom stereocenters. The highest BCUT2D eigenvalue weighted by Gasteiger charge is 2.45. The molecular weight excluding hydrogens is 190 g/mol. The molecule has 0 bridgehead atoms. The van der Waals surface area contributed by atoms with Crippen LogP contribution in [0.25, 0.3) is 0 Å². The number of alkyl halides is 2. The van der Waals surface area contributed by atoms with E-state index in [4.69, 9.17) is 5.73 Å². The van der Waals surface area contributed by atoms with Crippen LogP contribution < -0.4 is 11.1 Å². The van der Waals surface area contributed by atoms with Gasteiger partial charge in [-0.3, -0.25) is 4.79 Å². The Morgan fingerprint density at radius 1 is 1.71 bits per heavy atom. The second-order valence-electron chi connectivity index (χ2n) is 3.96. The molecule has 0 saturated heterocycles. The minimum atomic E-state index is -2.45. The summed E-state index contributed by atoms with van der Waals surface area (Å²) in [5, 5.41) is 2.45. The van der Waals surface area contributed by atoms with E-state index < -0.39 is 11.8 Å². The molecule has 0 spiro atoms. The fraction of sp³-hybridized carbons (Fsp3) is 0.889. The number of carbonyl (C=O) groups is 1. The summed E-state index contributed by atoms with van der Waals surface area (Å²) in [7, 11) is 1.47. The van der Waals surface area contributed by atoms with Crippen LogP contribution in [0.3, 0.4) is 0 Å². The molecule has 3 N–H and O–H groups in total. The summed E-state index contributed by atoms with van der Waals surface area (Å²) < 4.78 is 24.7. The Hall–Kier alpha value is -0.710. The topological polar surface area (TPSA) is 55.1 Å². The van der Waals surface area contributed by atoms with Gasteiger partial charge in [0.1, 0.15) is 0 Å². The molecule has 1 rings (SSSR count). The Morgan fingerprint density at radius 3 is 2.71 bits per heavy atom. The van der Waals surface area contributed by atoms with Gasteiger partial charge in [0.15, 0.2) is 0 Å². The standard InChI is InChI=1S/C9H16F2N2O/c1-13-8(14)9(5-7(10)11)3-2-6(12)4-9/h6-7H,2-5,12H2,1H3,(H,13,14)/t6-,9-/m1/s1. The van der Waals surface area contributed by atoms with Crippen LogP contribution in [0, 0.1) is 5.41 Å². The van der Waals surface area contributed by atoms with Crippen molar-refractivity contribution in [2.45, 2.75) is 38.2 Å². The van der Waals surface area contributed by atoms with E-state index in [9.17, 15) is 13.6 Å². The number of hydrogen-bond acceptors (Lipinski definition) is 2. The van der Waals surface area contributed by atoms with E-state index in [0.29, 0.717) is 19.3 Å². The lowest BCUT2D eigenvalue weighted by Crippen LogP contribution is -2.39. The monoisotopic (exact) mass is 206 g/mol. The fourth-order valence-electron chi connectivity index (χ4n) is 2.21. The van der Waals surface area contributed by atoms with Crippen molar-refractivity contribution < 1.29 is 13.6 Å². The van der Waals surface area contributed by atoms with Gasteiger partial charge in [-0.05, 0) is 19.3 Å². The molecule has 14 heavy (non-hydrogen) atoms. The third-order valence-electron chi connectivity index (χ3n) is 2.90. The van der Waals surface area contributed by atoms with E-state index in [2.05, 4.69) is 5.32 Å². The van der Waals surface area contributed by atoms with Gasteiger partial charge in [0.25, 0.3) is 0 Å². The highest BCUT2D eigenvalue weighted by atomic mass is 19.3. The minimum absolute atomic E-state index is 0.119. The molecule has 1 saturated carbocycles. The number of carbonyl (C=O) groups excluding carboxylic acids is 1. The van der Waals surface area contributed by atoms with Crippen molar-refractivity contribution in [3.63, 3.8) is 0 Å². The Balaban J connectivity index is 2.75. The number of hydrogen-bond donors (Lipinski definition) is 2. The average Bonchev–Trinajstić information content (AvgIpc) is 2.46. The summed E-state index contributed by atoms with van der Waals surface area (Å²) in [6.07, 6.45) is -1.33. The molecule has 1 amide bonds. The molecule has 1 aliphatic rings. The Kier molecular flexibility index (Phi) is 3.42. The van der Waals surface area contributed by atoms with Crippen molar-refractivity contribution in [2.75, 3.05) is 7.05 Å².